The van der Waals surface area contributed by atoms with Gasteiger partial charge in [0.05, 0.1) is 12.3 Å². The lowest BCUT2D eigenvalue weighted by Gasteiger charge is -2.15. The number of hydrogen-bond donors (Lipinski definition) is 3. The highest BCUT2D eigenvalue weighted by atomic mass is 16.3. The van der Waals surface area contributed by atoms with Crippen LogP contribution in [-0.4, -0.2) is 34.7 Å². The topological polar surface area (TPSA) is 104 Å². The first-order valence-corrected chi connectivity index (χ1v) is 9.14. The first-order chi connectivity index (χ1) is 13.7. The smallest absolute Gasteiger partial charge is 0.216 e. The van der Waals surface area contributed by atoms with Crippen LogP contribution in [0.4, 0.5) is 0 Å². The first kappa shape index (κ1) is 17.8. The van der Waals surface area contributed by atoms with Crippen LogP contribution in [-0.2, 0) is 6.42 Å². The summed E-state index contributed by atoms with van der Waals surface area (Å²) in [6.07, 6.45) is 2.28. The van der Waals surface area contributed by atoms with Gasteiger partial charge in [0.1, 0.15) is 17.2 Å². The quantitative estimate of drug-likeness (QED) is 0.351. The van der Waals surface area contributed by atoms with Crippen LogP contribution in [0.5, 0.6) is 0 Å². The predicted octanol–water partition coefficient (Wildman–Crippen LogP) is 3.28. The standard InChI is InChI=1S/C20H22N6O2/c1-13(17-12-14-6-3-4-7-15(14)28-17)23-20(21-2)22-10-9-18-24-19(26-25-18)16-8-5-11-27-16/h3-8,11-13H,9-10H2,1-2H3,(H2,21,22,23)(H,24,25,26). The molecule has 0 aliphatic heterocycles. The van der Waals surface area contributed by atoms with Gasteiger partial charge < -0.3 is 19.5 Å². The number of rotatable bonds is 6. The van der Waals surface area contributed by atoms with Crippen LogP contribution >= 0.6 is 0 Å². The molecule has 0 saturated carbocycles. The van der Waals surface area contributed by atoms with Crippen molar-refractivity contribution in [2.24, 2.45) is 4.99 Å². The summed E-state index contributed by atoms with van der Waals surface area (Å²) in [5.41, 5.74) is 0.881. The number of aliphatic imine (C=N–C) groups is 1. The first-order valence-electron chi connectivity index (χ1n) is 9.14. The molecule has 1 unspecified atom stereocenters. The number of hydrogen-bond acceptors (Lipinski definition) is 5. The summed E-state index contributed by atoms with van der Waals surface area (Å²) in [7, 11) is 1.74. The Morgan fingerprint density at radius 1 is 1.25 bits per heavy atom. The summed E-state index contributed by atoms with van der Waals surface area (Å²) in [5.74, 6) is 3.54. The highest BCUT2D eigenvalue weighted by Crippen LogP contribution is 2.23. The second-order valence-electron chi connectivity index (χ2n) is 6.38. The molecule has 144 valence electrons. The van der Waals surface area contributed by atoms with E-state index in [-0.39, 0.29) is 6.04 Å². The van der Waals surface area contributed by atoms with E-state index < -0.39 is 0 Å². The van der Waals surface area contributed by atoms with Gasteiger partial charge >= 0.3 is 0 Å². The van der Waals surface area contributed by atoms with Crippen molar-refractivity contribution in [3.63, 3.8) is 0 Å². The SMILES string of the molecule is CN=C(NCCc1nc(-c2ccco2)n[nH]1)NC(C)c1cc2ccccc2o1. The van der Waals surface area contributed by atoms with Crippen molar-refractivity contribution in [2.75, 3.05) is 13.6 Å². The molecule has 1 aromatic carbocycles. The molecule has 3 heterocycles. The fourth-order valence-corrected chi connectivity index (χ4v) is 2.91. The van der Waals surface area contributed by atoms with Crippen molar-refractivity contribution in [2.45, 2.75) is 19.4 Å². The lowest BCUT2D eigenvalue weighted by atomic mass is 10.2. The molecule has 3 aromatic heterocycles. The number of nitrogens with one attached hydrogen (secondary N) is 3. The molecule has 0 aliphatic rings. The minimum Gasteiger partial charge on any atom is -0.461 e. The van der Waals surface area contributed by atoms with Crippen molar-refractivity contribution >= 4 is 16.9 Å². The monoisotopic (exact) mass is 378 g/mol. The Hall–Kier alpha value is -3.55. The third kappa shape index (κ3) is 3.90. The Morgan fingerprint density at radius 3 is 2.93 bits per heavy atom. The average molecular weight is 378 g/mol. The second-order valence-corrected chi connectivity index (χ2v) is 6.38. The Kier molecular flexibility index (Phi) is 5.09. The molecule has 0 fully saturated rings. The molecule has 8 nitrogen and oxygen atoms in total. The molecule has 0 radical (unpaired) electrons. The van der Waals surface area contributed by atoms with Gasteiger partial charge in [-0.25, -0.2) is 4.98 Å². The molecule has 1 atom stereocenters. The maximum atomic E-state index is 5.91. The van der Waals surface area contributed by atoms with Gasteiger partial charge in [0.2, 0.25) is 5.82 Å². The maximum absolute atomic E-state index is 5.91. The van der Waals surface area contributed by atoms with E-state index in [1.54, 1.807) is 13.3 Å². The van der Waals surface area contributed by atoms with Crippen molar-refractivity contribution in [1.82, 2.24) is 25.8 Å². The van der Waals surface area contributed by atoms with Gasteiger partial charge in [-0.2, -0.15) is 5.10 Å². The molecule has 0 amide bonds. The van der Waals surface area contributed by atoms with Crippen molar-refractivity contribution in [1.29, 1.82) is 0 Å². The van der Waals surface area contributed by atoms with Crippen LogP contribution in [0.3, 0.4) is 0 Å². The minimum absolute atomic E-state index is 0.0190. The molecule has 4 rings (SSSR count). The van der Waals surface area contributed by atoms with Crippen molar-refractivity contribution < 1.29 is 8.83 Å². The molecule has 3 N–H and O–H groups in total. The predicted molar refractivity (Wildman–Crippen MR) is 107 cm³/mol. The number of para-hydroxylation sites is 1. The Morgan fingerprint density at radius 2 is 2.14 bits per heavy atom. The summed E-state index contributed by atoms with van der Waals surface area (Å²) < 4.78 is 11.2. The highest BCUT2D eigenvalue weighted by molar-refractivity contribution is 5.81. The van der Waals surface area contributed by atoms with E-state index in [1.807, 2.05) is 49.4 Å². The van der Waals surface area contributed by atoms with Gasteiger partial charge in [0.25, 0.3) is 0 Å². The van der Waals surface area contributed by atoms with Gasteiger partial charge in [0, 0.05) is 25.4 Å². The molecular formula is C20H22N6O2. The van der Waals surface area contributed by atoms with Crippen molar-refractivity contribution in [3.05, 3.63) is 60.3 Å². The Balaban J connectivity index is 1.31. The van der Waals surface area contributed by atoms with Crippen LogP contribution in [0, 0.1) is 0 Å². The van der Waals surface area contributed by atoms with Crippen molar-refractivity contribution in [3.8, 4) is 11.6 Å². The normalized spacial score (nSPS) is 13.0. The van der Waals surface area contributed by atoms with Gasteiger partial charge in [-0.05, 0) is 31.2 Å². The van der Waals surface area contributed by atoms with Crippen LogP contribution in [0.15, 0.2) is 62.6 Å². The van der Waals surface area contributed by atoms with E-state index in [1.165, 1.54) is 0 Å². The Labute approximate surface area is 162 Å². The minimum atomic E-state index is -0.0190. The highest BCUT2D eigenvalue weighted by Gasteiger charge is 2.13. The van der Waals surface area contributed by atoms with E-state index in [0.717, 1.165) is 22.6 Å². The maximum Gasteiger partial charge on any atom is 0.216 e. The van der Waals surface area contributed by atoms with Gasteiger partial charge in [-0.1, -0.05) is 18.2 Å². The lowest BCUT2D eigenvalue weighted by Crippen LogP contribution is -2.39. The number of furan rings is 2. The summed E-state index contributed by atoms with van der Waals surface area (Å²) >= 11 is 0. The number of aromatic nitrogens is 3. The summed E-state index contributed by atoms with van der Waals surface area (Å²) in [4.78, 5) is 8.71. The molecule has 0 spiro atoms. The Bertz CT molecular complexity index is 1030. The van der Waals surface area contributed by atoms with Gasteiger partial charge in [-0.15, -0.1) is 0 Å². The average Bonchev–Trinajstić information content (AvgIpc) is 3.46. The van der Waals surface area contributed by atoms with E-state index in [4.69, 9.17) is 8.83 Å². The zero-order valence-electron chi connectivity index (χ0n) is 15.8. The molecule has 0 aliphatic carbocycles. The zero-order chi connectivity index (χ0) is 19.3. The molecule has 0 bridgehead atoms. The fourth-order valence-electron chi connectivity index (χ4n) is 2.91. The van der Waals surface area contributed by atoms with Crippen LogP contribution in [0.1, 0.15) is 24.6 Å². The molecule has 4 aromatic rings. The molecule has 28 heavy (non-hydrogen) atoms. The summed E-state index contributed by atoms with van der Waals surface area (Å²) in [5, 5.41) is 14.8. The fraction of sp³-hybridized carbons (Fsp3) is 0.250. The number of aromatic amines is 1. The van der Waals surface area contributed by atoms with Gasteiger partial charge in [-0.3, -0.25) is 10.1 Å². The number of benzene rings is 1. The molecule has 8 heteroatoms. The molecular weight excluding hydrogens is 356 g/mol. The zero-order valence-corrected chi connectivity index (χ0v) is 15.8. The third-order valence-corrected chi connectivity index (χ3v) is 4.38. The lowest BCUT2D eigenvalue weighted by molar-refractivity contribution is 0.488. The summed E-state index contributed by atoms with van der Waals surface area (Å²) in [6, 6.07) is 13.6. The second kappa shape index (κ2) is 7.99. The molecule has 0 saturated heterocycles. The number of guanidine groups is 1. The number of fused-ring (bicyclic) bond motifs is 1. The van der Waals surface area contributed by atoms with Crippen LogP contribution in [0.25, 0.3) is 22.6 Å². The largest absolute Gasteiger partial charge is 0.461 e. The number of H-pyrrole nitrogens is 1. The van der Waals surface area contributed by atoms with Crippen LogP contribution in [0.2, 0.25) is 0 Å². The van der Waals surface area contributed by atoms with E-state index in [9.17, 15) is 0 Å². The van der Waals surface area contributed by atoms with E-state index in [2.05, 4.69) is 30.8 Å². The van der Waals surface area contributed by atoms with Crippen LogP contribution < -0.4 is 10.6 Å². The van der Waals surface area contributed by atoms with E-state index >= 15 is 0 Å². The van der Waals surface area contributed by atoms with E-state index in [0.29, 0.717) is 30.5 Å². The number of nitrogens with zero attached hydrogens (tertiary/aromatic N) is 3. The summed E-state index contributed by atoms with van der Waals surface area (Å²) in [6.45, 7) is 2.69. The van der Waals surface area contributed by atoms with Gasteiger partial charge in [0.15, 0.2) is 11.7 Å². The third-order valence-electron chi connectivity index (χ3n) is 4.38.